The Balaban J connectivity index is 1.84. The Hall–Kier alpha value is 0. The molecule has 0 bridgehead atoms. The van der Waals surface area contributed by atoms with Gasteiger partial charge in [-0.2, -0.15) is 0 Å². The second kappa shape index (κ2) is 1.44. The van der Waals surface area contributed by atoms with Crippen LogP contribution in [-0.4, -0.2) is 0 Å². The molecular weight excluding hydrogens is 120 g/mol. The van der Waals surface area contributed by atoms with Crippen LogP contribution in [0.4, 0.5) is 0 Å². The largest absolute Gasteiger partial charge is 0.0651 e. The van der Waals surface area contributed by atoms with Crippen LogP contribution >= 0.6 is 0 Å². The molecule has 0 aromatic carbocycles. The second-order valence-electron chi connectivity index (χ2n) is 4.62. The normalized spacial score (nSPS) is 62.7. The van der Waals surface area contributed by atoms with Gasteiger partial charge in [-0.3, -0.25) is 0 Å². The molecule has 56 valence electrons. The third-order valence-electron chi connectivity index (χ3n) is 4.84. The number of hydrogen-bond donors (Lipinski definition) is 0. The predicted octanol–water partition coefficient (Wildman–Crippen LogP) is 2.83. The fourth-order valence-electron chi connectivity index (χ4n) is 4.09. The maximum Gasteiger partial charge on any atom is -0.0212 e. The number of hydrogen-bond acceptors (Lipinski definition) is 0. The van der Waals surface area contributed by atoms with Crippen molar-refractivity contribution in [3.63, 3.8) is 0 Å². The summed E-state index contributed by atoms with van der Waals surface area (Å²) in [6.45, 7) is 2.38. The lowest BCUT2D eigenvalue weighted by Gasteiger charge is -2.75. The van der Waals surface area contributed by atoms with Crippen molar-refractivity contribution in [3.8, 4) is 0 Å². The van der Waals surface area contributed by atoms with Crippen LogP contribution in [0.5, 0.6) is 0 Å². The smallest absolute Gasteiger partial charge is 0.0212 e. The lowest BCUT2D eigenvalue weighted by atomic mass is 9.29. The molecule has 0 N–H and O–H groups in total. The van der Waals surface area contributed by atoms with Crippen LogP contribution in [0.1, 0.15) is 39.0 Å². The van der Waals surface area contributed by atoms with E-state index in [4.69, 9.17) is 0 Å². The summed E-state index contributed by atoms with van der Waals surface area (Å²) in [4.78, 5) is 0. The lowest BCUT2D eigenvalue weighted by Crippen LogP contribution is -2.67. The molecule has 0 aromatic heterocycles. The van der Waals surface area contributed by atoms with E-state index in [1.54, 1.807) is 25.7 Å². The predicted molar refractivity (Wildman–Crippen MR) is 41.7 cm³/mol. The molecule has 0 aliphatic heterocycles. The molecular formula is C10H16. The quantitative estimate of drug-likeness (QED) is 0.520. The molecule has 1 spiro atoms. The zero-order chi connectivity index (χ0) is 6.77. The zero-order valence-corrected chi connectivity index (χ0v) is 6.77. The van der Waals surface area contributed by atoms with Gasteiger partial charge in [0.05, 0.1) is 0 Å². The van der Waals surface area contributed by atoms with Crippen molar-refractivity contribution in [3.05, 3.63) is 0 Å². The lowest BCUT2D eigenvalue weighted by molar-refractivity contribution is -0.263. The van der Waals surface area contributed by atoms with Crippen molar-refractivity contribution < 1.29 is 0 Å². The van der Waals surface area contributed by atoms with E-state index in [0.29, 0.717) is 0 Å². The van der Waals surface area contributed by atoms with Crippen LogP contribution in [0.3, 0.4) is 0 Å². The summed E-state index contributed by atoms with van der Waals surface area (Å²) in [5.41, 5.74) is 0.967. The van der Waals surface area contributed by atoms with Crippen molar-refractivity contribution in [1.29, 1.82) is 0 Å². The maximum atomic E-state index is 2.38. The minimum absolute atomic E-state index is 0.967. The summed E-state index contributed by atoms with van der Waals surface area (Å²) < 4.78 is 0. The molecule has 0 saturated heterocycles. The van der Waals surface area contributed by atoms with Gasteiger partial charge in [-0.25, -0.2) is 0 Å². The van der Waals surface area contributed by atoms with Crippen LogP contribution in [0.15, 0.2) is 0 Å². The maximum absolute atomic E-state index is 2.38. The summed E-state index contributed by atoms with van der Waals surface area (Å²) in [5.74, 6) is 3.57. The Morgan fingerprint density at radius 2 is 2.20 bits per heavy atom. The standard InChI is InChI=1S/C10H16/c1-2-7-5-9-6-8-3-4-10(7,8)9/h7-9H,2-6H2,1H3/t7?,8?,9-,10?/m1/s1. The van der Waals surface area contributed by atoms with E-state index in [1.807, 2.05) is 0 Å². The van der Waals surface area contributed by atoms with E-state index >= 15 is 0 Å². The molecule has 0 aromatic rings. The summed E-state index contributed by atoms with van der Waals surface area (Å²) in [6, 6.07) is 0. The fraction of sp³-hybridized carbons (Fsp3) is 1.00. The second-order valence-corrected chi connectivity index (χ2v) is 4.62. The minimum Gasteiger partial charge on any atom is -0.0651 e. The summed E-state index contributed by atoms with van der Waals surface area (Å²) in [5, 5.41) is 0. The molecule has 0 radical (unpaired) electrons. The van der Waals surface area contributed by atoms with Gasteiger partial charge in [0.25, 0.3) is 0 Å². The third-order valence-corrected chi connectivity index (χ3v) is 4.84. The SMILES string of the molecule is CCC1C[C@@H]2CC3CCC132. The molecule has 0 heterocycles. The van der Waals surface area contributed by atoms with Crippen LogP contribution in [0.25, 0.3) is 0 Å². The number of rotatable bonds is 1. The molecule has 3 saturated carbocycles. The average molecular weight is 136 g/mol. The van der Waals surface area contributed by atoms with E-state index in [0.717, 1.165) is 11.3 Å². The zero-order valence-electron chi connectivity index (χ0n) is 6.77. The van der Waals surface area contributed by atoms with Gasteiger partial charge in [0.15, 0.2) is 0 Å². The molecule has 3 aliphatic carbocycles. The third kappa shape index (κ3) is 0.339. The molecule has 0 amide bonds. The Kier molecular flexibility index (Phi) is 0.810. The van der Waals surface area contributed by atoms with Gasteiger partial charge >= 0.3 is 0 Å². The molecule has 3 fully saturated rings. The first-order chi connectivity index (χ1) is 4.88. The van der Waals surface area contributed by atoms with E-state index in [2.05, 4.69) is 6.92 Å². The molecule has 3 aliphatic rings. The highest BCUT2D eigenvalue weighted by molar-refractivity contribution is 5.18. The van der Waals surface area contributed by atoms with Crippen LogP contribution in [-0.2, 0) is 0 Å². The Morgan fingerprint density at radius 3 is 2.50 bits per heavy atom. The van der Waals surface area contributed by atoms with Crippen LogP contribution < -0.4 is 0 Å². The van der Waals surface area contributed by atoms with E-state index in [1.165, 1.54) is 18.3 Å². The Morgan fingerprint density at radius 1 is 1.30 bits per heavy atom. The van der Waals surface area contributed by atoms with Crippen molar-refractivity contribution in [2.75, 3.05) is 0 Å². The highest BCUT2D eigenvalue weighted by atomic mass is 14.7. The first kappa shape index (κ1) is 5.62. The van der Waals surface area contributed by atoms with Crippen LogP contribution in [0, 0.1) is 23.2 Å². The van der Waals surface area contributed by atoms with E-state index in [9.17, 15) is 0 Å². The van der Waals surface area contributed by atoms with Gasteiger partial charge in [0, 0.05) is 0 Å². The van der Waals surface area contributed by atoms with Gasteiger partial charge < -0.3 is 0 Å². The minimum atomic E-state index is 0.967. The fourth-order valence-corrected chi connectivity index (χ4v) is 4.09. The molecule has 4 atom stereocenters. The molecule has 3 unspecified atom stereocenters. The molecule has 0 heteroatoms. The summed E-state index contributed by atoms with van der Waals surface area (Å²) >= 11 is 0. The van der Waals surface area contributed by atoms with Crippen molar-refractivity contribution >= 4 is 0 Å². The highest BCUT2D eigenvalue weighted by Gasteiger charge is 2.69. The van der Waals surface area contributed by atoms with Crippen molar-refractivity contribution in [2.45, 2.75) is 39.0 Å². The average Bonchev–Trinajstić information content (AvgIpc) is 1.85. The summed E-state index contributed by atoms with van der Waals surface area (Å²) in [7, 11) is 0. The Bertz CT molecular complexity index is 167. The van der Waals surface area contributed by atoms with Gasteiger partial charge in [0.2, 0.25) is 0 Å². The van der Waals surface area contributed by atoms with Gasteiger partial charge in [-0.1, -0.05) is 13.3 Å². The summed E-state index contributed by atoms with van der Waals surface area (Å²) in [6.07, 6.45) is 7.84. The van der Waals surface area contributed by atoms with E-state index < -0.39 is 0 Å². The first-order valence-electron chi connectivity index (χ1n) is 4.88. The first-order valence-corrected chi connectivity index (χ1v) is 4.88. The van der Waals surface area contributed by atoms with E-state index in [-0.39, 0.29) is 0 Å². The van der Waals surface area contributed by atoms with Gasteiger partial charge in [-0.15, -0.1) is 0 Å². The molecule has 0 nitrogen and oxygen atoms in total. The van der Waals surface area contributed by atoms with Crippen molar-refractivity contribution in [2.24, 2.45) is 23.2 Å². The highest BCUT2D eigenvalue weighted by Crippen LogP contribution is 2.77. The molecule has 3 rings (SSSR count). The Labute approximate surface area is 63.0 Å². The monoisotopic (exact) mass is 136 g/mol. The van der Waals surface area contributed by atoms with Gasteiger partial charge in [-0.05, 0) is 48.9 Å². The van der Waals surface area contributed by atoms with Crippen molar-refractivity contribution in [1.82, 2.24) is 0 Å². The van der Waals surface area contributed by atoms with Gasteiger partial charge in [0.1, 0.15) is 0 Å². The molecule has 10 heavy (non-hydrogen) atoms. The van der Waals surface area contributed by atoms with Crippen LogP contribution in [0.2, 0.25) is 0 Å². The topological polar surface area (TPSA) is 0 Å².